The topological polar surface area (TPSA) is 150 Å². The number of nitrogens with zero attached hydrogens (tertiary/aromatic N) is 8. The molecule has 0 unspecified atom stereocenters. The third-order valence-corrected chi connectivity index (χ3v) is 8.18. The molecule has 0 saturated carbocycles. The first-order chi connectivity index (χ1) is 24.1. The highest BCUT2D eigenvalue weighted by molar-refractivity contribution is 6.00. The number of nitrogens with one attached hydrogen (secondary N) is 1. The number of nitriles is 1. The molecule has 6 aromatic rings. The van der Waals surface area contributed by atoms with Gasteiger partial charge in [-0.25, -0.2) is 14.3 Å². The zero-order valence-corrected chi connectivity index (χ0v) is 29.4. The number of benzene rings is 2. The van der Waals surface area contributed by atoms with Crippen LogP contribution < -0.4 is 23.3 Å². The van der Waals surface area contributed by atoms with Crippen LogP contribution in [0.15, 0.2) is 86.8 Å². The summed E-state index contributed by atoms with van der Waals surface area (Å²) in [6, 6.07) is 15.4. The van der Waals surface area contributed by atoms with E-state index >= 15 is 0 Å². The lowest BCUT2D eigenvalue weighted by molar-refractivity contribution is -0.918. The second-order valence-corrected chi connectivity index (χ2v) is 12.7. The maximum atomic E-state index is 14.2. The Morgan fingerprint density at radius 2 is 1.81 bits per heavy atom. The van der Waals surface area contributed by atoms with Crippen molar-refractivity contribution < 1.29 is 43.8 Å². The lowest BCUT2D eigenvalue weighted by Crippen LogP contribution is -3.00. The molecule has 0 aliphatic heterocycles. The van der Waals surface area contributed by atoms with Crippen LogP contribution in [0, 0.1) is 18.3 Å². The summed E-state index contributed by atoms with van der Waals surface area (Å²) < 4.78 is 56.5. The molecule has 270 valence electrons. The Bertz CT molecular complexity index is 2330. The zero-order chi connectivity index (χ0) is 36.7. The van der Waals surface area contributed by atoms with Crippen LogP contribution in [0.1, 0.15) is 57.6 Å². The maximum Gasteiger partial charge on any atom is 0.416 e. The van der Waals surface area contributed by atoms with Crippen molar-refractivity contribution in [1.82, 2.24) is 34.6 Å². The van der Waals surface area contributed by atoms with Crippen LogP contribution in [0.2, 0.25) is 0 Å². The number of aryl methyl sites for hydroxylation is 1. The van der Waals surface area contributed by atoms with Gasteiger partial charge in [-0.2, -0.15) is 23.5 Å². The van der Waals surface area contributed by atoms with Gasteiger partial charge in [-0.3, -0.25) is 14.3 Å². The van der Waals surface area contributed by atoms with E-state index in [1.54, 1.807) is 43.5 Å². The second-order valence-electron chi connectivity index (χ2n) is 12.7. The monoisotopic (exact) mass is 735 g/mol. The van der Waals surface area contributed by atoms with Crippen molar-refractivity contribution in [3.63, 3.8) is 0 Å². The van der Waals surface area contributed by atoms with E-state index in [1.807, 2.05) is 33.2 Å². The van der Waals surface area contributed by atoms with E-state index in [0.717, 1.165) is 22.5 Å². The van der Waals surface area contributed by atoms with Gasteiger partial charge in [-0.1, -0.05) is 11.2 Å². The molecule has 13 nitrogen and oxygen atoms in total. The Kier molecular flexibility index (Phi) is 10.3. The SMILES string of the molecule is Cc1cc(C[N+](C)(C)Cc2cnc([C@H](C)NC(=O)c3c(-c4ccnn4-c4ccc(C#N)cc4)n(C)n(-c4cccc(C(F)(F)F)c4)c3=O)o2)no1.[Cl-]. The number of hydrogen-bond acceptors (Lipinski definition) is 8. The largest absolute Gasteiger partial charge is 1.00 e. The molecule has 1 amide bonds. The van der Waals surface area contributed by atoms with Gasteiger partial charge in [0.1, 0.15) is 41.8 Å². The number of quaternary nitrogens is 1. The molecule has 2 aromatic carbocycles. The van der Waals surface area contributed by atoms with Gasteiger partial charge in [0.25, 0.3) is 11.5 Å². The Morgan fingerprint density at radius 3 is 2.46 bits per heavy atom. The van der Waals surface area contributed by atoms with E-state index in [9.17, 15) is 28.0 Å². The van der Waals surface area contributed by atoms with Gasteiger partial charge in [-0.05, 0) is 62.4 Å². The fourth-order valence-corrected chi connectivity index (χ4v) is 5.91. The van der Waals surface area contributed by atoms with Crippen LogP contribution in [-0.2, 0) is 26.3 Å². The lowest BCUT2D eigenvalue weighted by Gasteiger charge is -2.27. The van der Waals surface area contributed by atoms with Crippen molar-refractivity contribution >= 4 is 5.91 Å². The Balaban J connectivity index is 0.00000523. The molecule has 1 atom stereocenters. The van der Waals surface area contributed by atoms with Crippen molar-refractivity contribution in [2.45, 2.75) is 39.2 Å². The van der Waals surface area contributed by atoms with E-state index in [0.29, 0.717) is 46.0 Å². The number of aromatic nitrogens is 6. The van der Waals surface area contributed by atoms with Crippen LogP contribution in [0.4, 0.5) is 13.2 Å². The number of hydrogen-bond donors (Lipinski definition) is 1. The van der Waals surface area contributed by atoms with Gasteiger partial charge in [0.05, 0.1) is 60.8 Å². The van der Waals surface area contributed by atoms with Crippen molar-refractivity contribution in [3.05, 3.63) is 123 Å². The molecule has 0 aliphatic carbocycles. The highest BCUT2D eigenvalue weighted by Crippen LogP contribution is 2.32. The van der Waals surface area contributed by atoms with Crippen LogP contribution in [0.25, 0.3) is 22.8 Å². The van der Waals surface area contributed by atoms with Gasteiger partial charge in [0.15, 0.2) is 5.76 Å². The number of oxazole rings is 1. The highest BCUT2D eigenvalue weighted by Gasteiger charge is 2.33. The average molecular weight is 736 g/mol. The molecule has 0 spiro atoms. The molecular weight excluding hydrogens is 703 g/mol. The van der Waals surface area contributed by atoms with Gasteiger partial charge < -0.3 is 31.1 Å². The van der Waals surface area contributed by atoms with Crippen molar-refractivity contribution in [2.24, 2.45) is 7.05 Å². The second kappa shape index (κ2) is 14.4. The summed E-state index contributed by atoms with van der Waals surface area (Å²) in [5.41, 5.74) is -0.185. The van der Waals surface area contributed by atoms with E-state index in [4.69, 9.17) is 8.94 Å². The van der Waals surface area contributed by atoms with Crippen molar-refractivity contribution in [1.29, 1.82) is 5.26 Å². The molecule has 0 radical (unpaired) electrons. The van der Waals surface area contributed by atoms with Crippen LogP contribution in [-0.4, -0.2) is 53.8 Å². The highest BCUT2D eigenvalue weighted by atomic mass is 35.5. The minimum Gasteiger partial charge on any atom is -1.00 e. The van der Waals surface area contributed by atoms with Gasteiger partial charge in [0.2, 0.25) is 5.89 Å². The predicted octanol–water partition coefficient (Wildman–Crippen LogP) is 2.48. The van der Waals surface area contributed by atoms with Gasteiger partial charge in [-0.15, -0.1) is 0 Å². The lowest BCUT2D eigenvalue weighted by atomic mass is 10.1. The third-order valence-electron chi connectivity index (χ3n) is 8.18. The van der Waals surface area contributed by atoms with Gasteiger partial charge >= 0.3 is 6.18 Å². The molecule has 0 fully saturated rings. The molecule has 52 heavy (non-hydrogen) atoms. The van der Waals surface area contributed by atoms with E-state index in [-0.39, 0.29) is 35.2 Å². The third kappa shape index (κ3) is 7.55. The zero-order valence-electron chi connectivity index (χ0n) is 28.6. The van der Waals surface area contributed by atoms with Crippen molar-refractivity contribution in [3.8, 4) is 28.8 Å². The number of alkyl halides is 3. The first kappa shape index (κ1) is 37.3. The fraction of sp³-hybridized carbons (Fsp3) is 0.257. The summed E-state index contributed by atoms with van der Waals surface area (Å²) >= 11 is 0. The summed E-state index contributed by atoms with van der Waals surface area (Å²) in [4.78, 5) is 32.6. The molecule has 17 heteroatoms. The number of carbonyl (C=O) groups is 1. The normalized spacial score (nSPS) is 12.3. The summed E-state index contributed by atoms with van der Waals surface area (Å²) in [6.45, 7) is 4.47. The fourth-order valence-electron chi connectivity index (χ4n) is 5.91. The first-order valence-corrected chi connectivity index (χ1v) is 15.7. The number of carbonyl (C=O) groups excluding carboxylic acids is 1. The predicted molar refractivity (Wildman–Crippen MR) is 176 cm³/mol. The van der Waals surface area contributed by atoms with E-state index in [2.05, 4.69) is 20.6 Å². The number of halogens is 4. The molecular formula is C35H33ClF3N9O4. The minimum atomic E-state index is -4.67. The summed E-state index contributed by atoms with van der Waals surface area (Å²) in [6.07, 6.45) is -1.64. The molecule has 0 bridgehead atoms. The summed E-state index contributed by atoms with van der Waals surface area (Å²) in [5.74, 6) is 0.635. The average Bonchev–Trinajstić information content (AvgIpc) is 3.87. The first-order valence-electron chi connectivity index (χ1n) is 15.7. The molecule has 0 aliphatic rings. The molecule has 4 heterocycles. The molecule has 6 rings (SSSR count). The minimum absolute atomic E-state index is 0. The smallest absolute Gasteiger partial charge is 0.416 e. The maximum absolute atomic E-state index is 14.2. The van der Waals surface area contributed by atoms with E-state index < -0.39 is 29.2 Å². The molecule has 0 saturated heterocycles. The molecule has 1 N–H and O–H groups in total. The van der Waals surface area contributed by atoms with Crippen LogP contribution >= 0.6 is 0 Å². The van der Waals surface area contributed by atoms with Crippen LogP contribution in [0.5, 0.6) is 0 Å². The Hall–Kier alpha value is -5.92. The Morgan fingerprint density at radius 1 is 1.08 bits per heavy atom. The standard InChI is InChI=1S/C35H32F3N9O4.ClH/c1-21-15-25(43-51-21)19-47(4,5)20-28-18-40-33(50-28)22(2)42-32(48)30-31(29-13-14-41-45(29)26-11-9-23(17-39)10-12-26)44(3)46(34(30)49)27-8-6-7-24(16-27)35(36,37)38;/h6-16,18,22H,19-20H2,1-5H3;1H/t22-;/m0./s1. The van der Waals surface area contributed by atoms with Crippen molar-refractivity contribution in [2.75, 3.05) is 14.1 Å². The Labute approximate surface area is 301 Å². The number of amides is 1. The number of rotatable bonds is 10. The van der Waals surface area contributed by atoms with Crippen LogP contribution in [0.3, 0.4) is 0 Å². The van der Waals surface area contributed by atoms with E-state index in [1.165, 1.54) is 34.7 Å². The van der Waals surface area contributed by atoms with Gasteiger partial charge in [0, 0.05) is 13.1 Å². The summed E-state index contributed by atoms with van der Waals surface area (Å²) in [5, 5.41) is 20.5. The quantitative estimate of drug-likeness (QED) is 0.211. The summed E-state index contributed by atoms with van der Waals surface area (Å²) in [7, 11) is 5.45. The molecule has 4 aromatic heterocycles.